The van der Waals surface area contributed by atoms with Crippen LogP contribution in [0.1, 0.15) is 51.9 Å². The molecule has 2 nitrogen and oxygen atoms in total. The van der Waals surface area contributed by atoms with Crippen LogP contribution in [0, 0.1) is 11.3 Å². The van der Waals surface area contributed by atoms with Crippen molar-refractivity contribution in [3.63, 3.8) is 0 Å². The molecule has 2 saturated carbocycles. The first-order valence-electron chi connectivity index (χ1n) is 6.23. The fourth-order valence-electron chi connectivity index (χ4n) is 3.41. The molecule has 2 rings (SSSR count). The van der Waals surface area contributed by atoms with Crippen LogP contribution in [0.5, 0.6) is 0 Å². The summed E-state index contributed by atoms with van der Waals surface area (Å²) in [6, 6.07) is 0. The van der Waals surface area contributed by atoms with Gasteiger partial charge >= 0.3 is 0 Å². The Hall–Kier alpha value is -0.370. The average molecular weight is 210 g/mol. The van der Waals surface area contributed by atoms with Gasteiger partial charge in [-0.25, -0.2) is 0 Å². The van der Waals surface area contributed by atoms with Gasteiger partial charge < -0.3 is 4.74 Å². The molecule has 0 bridgehead atoms. The molecule has 2 aliphatic carbocycles. The highest BCUT2D eigenvalue weighted by Gasteiger charge is 2.45. The summed E-state index contributed by atoms with van der Waals surface area (Å²) in [5.74, 6) is 1.12. The summed E-state index contributed by atoms with van der Waals surface area (Å²) in [6.07, 6.45) is 7.97. The predicted octanol–water partition coefficient (Wildman–Crippen LogP) is 2.95. The summed E-state index contributed by atoms with van der Waals surface area (Å²) in [5.41, 5.74) is -0.0740. The third-order valence-electron chi connectivity index (χ3n) is 4.57. The third-order valence-corrected chi connectivity index (χ3v) is 4.57. The second-order valence-corrected chi connectivity index (χ2v) is 5.42. The quantitative estimate of drug-likeness (QED) is 0.665. The van der Waals surface area contributed by atoms with E-state index in [0.717, 1.165) is 25.7 Å². The summed E-state index contributed by atoms with van der Waals surface area (Å²) in [5, 5.41) is 0. The van der Waals surface area contributed by atoms with Gasteiger partial charge in [0.2, 0.25) is 0 Å². The number of ketones is 1. The van der Waals surface area contributed by atoms with E-state index in [1.54, 1.807) is 7.11 Å². The summed E-state index contributed by atoms with van der Waals surface area (Å²) >= 11 is 0. The Kier molecular flexibility index (Phi) is 3.15. The van der Waals surface area contributed by atoms with Crippen molar-refractivity contribution in [2.45, 2.75) is 58.0 Å². The first-order chi connectivity index (χ1) is 7.16. The number of methoxy groups -OCH3 is 1. The minimum Gasteiger partial charge on any atom is -0.381 e. The molecular weight excluding hydrogens is 188 g/mol. The van der Waals surface area contributed by atoms with Crippen molar-refractivity contribution in [3.8, 4) is 0 Å². The minimum atomic E-state index is -0.0740. The van der Waals surface area contributed by atoms with Gasteiger partial charge in [0.25, 0.3) is 0 Å². The van der Waals surface area contributed by atoms with Crippen LogP contribution >= 0.6 is 0 Å². The van der Waals surface area contributed by atoms with Crippen molar-refractivity contribution in [3.05, 3.63) is 0 Å². The molecule has 2 aliphatic rings. The first kappa shape index (κ1) is 11.1. The Morgan fingerprint density at radius 3 is 2.80 bits per heavy atom. The van der Waals surface area contributed by atoms with Crippen molar-refractivity contribution in [1.82, 2.24) is 0 Å². The second kappa shape index (κ2) is 4.25. The fraction of sp³-hybridized carbons (Fsp3) is 0.923. The zero-order valence-electron chi connectivity index (χ0n) is 9.92. The Morgan fingerprint density at radius 1 is 1.27 bits per heavy atom. The number of rotatable bonds is 1. The van der Waals surface area contributed by atoms with Crippen LogP contribution in [-0.4, -0.2) is 19.0 Å². The molecule has 0 saturated heterocycles. The summed E-state index contributed by atoms with van der Waals surface area (Å²) in [4.78, 5) is 12.2. The molecule has 2 heteroatoms. The molecule has 0 unspecified atom stereocenters. The number of ether oxygens (including phenoxy) is 1. The largest absolute Gasteiger partial charge is 0.381 e. The van der Waals surface area contributed by atoms with E-state index in [4.69, 9.17) is 4.74 Å². The number of hydrogen-bond acceptors (Lipinski definition) is 2. The lowest BCUT2D eigenvalue weighted by atomic mass is 9.63. The summed E-state index contributed by atoms with van der Waals surface area (Å²) in [6.45, 7) is 2.18. The Bertz CT molecular complexity index is 249. The molecule has 86 valence electrons. The molecule has 0 heterocycles. The molecule has 2 fully saturated rings. The molecule has 15 heavy (non-hydrogen) atoms. The normalized spacial score (nSPS) is 42.1. The summed E-state index contributed by atoms with van der Waals surface area (Å²) in [7, 11) is 1.77. The van der Waals surface area contributed by atoms with Crippen LogP contribution in [0.15, 0.2) is 0 Å². The number of Topliss-reactive ketones (excluding diaryl/α,β-unsaturated/α-hetero) is 1. The highest BCUT2D eigenvalue weighted by atomic mass is 16.5. The van der Waals surface area contributed by atoms with E-state index in [1.807, 2.05) is 0 Å². The molecule has 0 aromatic rings. The maximum absolute atomic E-state index is 12.2. The lowest BCUT2D eigenvalue weighted by molar-refractivity contribution is -0.136. The number of carbonyl (C=O) groups is 1. The van der Waals surface area contributed by atoms with Crippen LogP contribution in [0.4, 0.5) is 0 Å². The van der Waals surface area contributed by atoms with Gasteiger partial charge in [-0.3, -0.25) is 4.79 Å². The maximum atomic E-state index is 12.2. The van der Waals surface area contributed by atoms with Gasteiger partial charge in [-0.2, -0.15) is 0 Å². The van der Waals surface area contributed by atoms with Crippen molar-refractivity contribution in [2.75, 3.05) is 7.11 Å². The third kappa shape index (κ3) is 1.96. The monoisotopic (exact) mass is 210 g/mol. The van der Waals surface area contributed by atoms with Crippen LogP contribution < -0.4 is 0 Å². The predicted molar refractivity (Wildman–Crippen MR) is 59.7 cm³/mol. The van der Waals surface area contributed by atoms with Crippen molar-refractivity contribution >= 4 is 5.78 Å². The van der Waals surface area contributed by atoms with Crippen molar-refractivity contribution in [1.29, 1.82) is 0 Å². The smallest absolute Gasteiger partial charge is 0.139 e. The van der Waals surface area contributed by atoms with Gasteiger partial charge in [0.1, 0.15) is 5.78 Å². The molecule has 0 aromatic heterocycles. The van der Waals surface area contributed by atoms with Gasteiger partial charge in [-0.15, -0.1) is 0 Å². The molecule has 0 aliphatic heterocycles. The van der Waals surface area contributed by atoms with Gasteiger partial charge in [0, 0.05) is 18.9 Å². The lowest BCUT2D eigenvalue weighted by Crippen LogP contribution is -2.42. The van der Waals surface area contributed by atoms with E-state index in [9.17, 15) is 4.79 Å². The summed E-state index contributed by atoms with van der Waals surface area (Å²) < 4.78 is 5.44. The molecule has 0 spiro atoms. The highest BCUT2D eigenvalue weighted by Crippen LogP contribution is 2.47. The SMILES string of the molecule is CO[C@H]1CC[C@@H]2CCCCC(=O)[C@]2(C)C1. The Balaban J connectivity index is 2.18. The Morgan fingerprint density at radius 2 is 2.07 bits per heavy atom. The van der Waals surface area contributed by atoms with E-state index in [0.29, 0.717) is 17.8 Å². The van der Waals surface area contributed by atoms with Crippen LogP contribution in [0.3, 0.4) is 0 Å². The number of hydrogen-bond donors (Lipinski definition) is 0. The number of fused-ring (bicyclic) bond motifs is 1. The minimum absolute atomic E-state index is 0.0740. The van der Waals surface area contributed by atoms with Gasteiger partial charge in [-0.1, -0.05) is 13.3 Å². The first-order valence-corrected chi connectivity index (χ1v) is 6.23. The molecule has 0 amide bonds. The van der Waals surface area contributed by atoms with E-state index in [-0.39, 0.29) is 5.41 Å². The van der Waals surface area contributed by atoms with Gasteiger partial charge in [-0.05, 0) is 38.0 Å². The molecule has 0 N–H and O–H groups in total. The van der Waals surface area contributed by atoms with Crippen molar-refractivity contribution in [2.24, 2.45) is 11.3 Å². The zero-order valence-corrected chi connectivity index (χ0v) is 9.92. The van der Waals surface area contributed by atoms with Crippen LogP contribution in [0.25, 0.3) is 0 Å². The van der Waals surface area contributed by atoms with Crippen LogP contribution in [0.2, 0.25) is 0 Å². The standard InChI is InChI=1S/C13H22O2/c1-13-9-11(15-2)8-7-10(13)5-3-4-6-12(13)14/h10-11H,3-9H2,1-2H3/t10-,11-,13+/m0/s1. The van der Waals surface area contributed by atoms with Crippen LogP contribution in [-0.2, 0) is 9.53 Å². The van der Waals surface area contributed by atoms with E-state index in [2.05, 4.69) is 6.92 Å². The van der Waals surface area contributed by atoms with Gasteiger partial charge in [0.05, 0.1) is 6.10 Å². The maximum Gasteiger partial charge on any atom is 0.139 e. The average Bonchev–Trinajstić information content (AvgIpc) is 2.38. The van der Waals surface area contributed by atoms with Crippen molar-refractivity contribution < 1.29 is 9.53 Å². The molecule has 3 atom stereocenters. The molecule has 0 radical (unpaired) electrons. The molecular formula is C13H22O2. The fourth-order valence-corrected chi connectivity index (χ4v) is 3.41. The lowest BCUT2D eigenvalue weighted by Gasteiger charge is -2.42. The van der Waals surface area contributed by atoms with E-state index < -0.39 is 0 Å². The second-order valence-electron chi connectivity index (χ2n) is 5.42. The van der Waals surface area contributed by atoms with Gasteiger partial charge in [0.15, 0.2) is 0 Å². The highest BCUT2D eigenvalue weighted by molar-refractivity contribution is 5.85. The molecule has 0 aromatic carbocycles. The topological polar surface area (TPSA) is 26.3 Å². The Labute approximate surface area is 92.4 Å². The number of carbonyl (C=O) groups excluding carboxylic acids is 1. The van der Waals surface area contributed by atoms with E-state index >= 15 is 0 Å². The zero-order chi connectivity index (χ0) is 10.9. The van der Waals surface area contributed by atoms with E-state index in [1.165, 1.54) is 19.3 Å².